The van der Waals surface area contributed by atoms with Crippen LogP contribution in [0, 0.1) is 5.82 Å². The fraction of sp³-hybridized carbons (Fsp3) is 0. The summed E-state index contributed by atoms with van der Waals surface area (Å²) in [6.07, 6.45) is 1.48. The topological polar surface area (TPSA) is 29.4 Å². The third-order valence-corrected chi connectivity index (χ3v) is 5.87. The third kappa shape index (κ3) is 3.46. The summed E-state index contributed by atoms with van der Waals surface area (Å²) in [4.78, 5) is 0. The van der Waals surface area contributed by atoms with E-state index in [1.807, 2.05) is 36.4 Å². The van der Waals surface area contributed by atoms with Gasteiger partial charge in [-0.25, -0.2) is 9.15 Å². The maximum atomic E-state index is 13.6. The summed E-state index contributed by atoms with van der Waals surface area (Å²) in [5.74, 6) is -0.344. The van der Waals surface area contributed by atoms with E-state index in [1.54, 1.807) is 36.4 Å². The fourth-order valence-corrected chi connectivity index (χ4v) is 4.29. The molecule has 4 heteroatoms. The van der Waals surface area contributed by atoms with Crippen LogP contribution < -0.4 is 10.6 Å². The van der Waals surface area contributed by atoms with Crippen LogP contribution in [0.3, 0.4) is 0 Å². The van der Waals surface area contributed by atoms with Crippen LogP contribution >= 0.6 is 7.29 Å². The zero-order valence-corrected chi connectivity index (χ0v) is 13.2. The quantitative estimate of drug-likeness (QED) is 0.523. The Bertz CT molecular complexity index is 819. The molecule has 0 aliphatic heterocycles. The van der Waals surface area contributed by atoms with Crippen LogP contribution in [0.1, 0.15) is 5.56 Å². The van der Waals surface area contributed by atoms with E-state index in [9.17, 15) is 8.96 Å². The third-order valence-electron chi connectivity index (χ3n) is 3.43. The summed E-state index contributed by atoms with van der Waals surface area (Å²) in [6.45, 7) is 0. The molecule has 0 aliphatic rings. The Morgan fingerprint density at radius 1 is 0.783 bits per heavy atom. The Kier molecular flexibility index (Phi) is 4.50. The monoisotopic (exact) mass is 323 g/mol. The molecule has 0 N–H and O–H groups in total. The van der Waals surface area contributed by atoms with E-state index >= 15 is 0 Å². The Hall–Kier alpha value is -2.51. The van der Waals surface area contributed by atoms with Crippen LogP contribution in [0.25, 0.3) is 0 Å². The van der Waals surface area contributed by atoms with Crippen molar-refractivity contribution in [1.29, 1.82) is 0 Å². The van der Waals surface area contributed by atoms with E-state index < -0.39 is 7.29 Å². The first-order valence-corrected chi connectivity index (χ1v) is 8.87. The Labute approximate surface area is 134 Å². The van der Waals surface area contributed by atoms with Gasteiger partial charge in [-0.15, -0.1) is 0 Å². The first-order chi connectivity index (χ1) is 11.2. The van der Waals surface area contributed by atoms with Gasteiger partial charge < -0.3 is 0 Å². The predicted molar refractivity (Wildman–Crippen MR) is 93.8 cm³/mol. The molecule has 0 aromatic heterocycles. The molecule has 0 spiro atoms. The van der Waals surface area contributed by atoms with Gasteiger partial charge in [-0.3, -0.25) is 4.57 Å². The molecule has 0 amide bonds. The molecule has 3 rings (SSSR count). The normalized spacial score (nSPS) is 11.7. The number of benzene rings is 3. The summed E-state index contributed by atoms with van der Waals surface area (Å²) in [5, 5.41) is 1.30. The minimum Gasteiger partial charge on any atom is -0.288 e. The van der Waals surface area contributed by atoms with Gasteiger partial charge in [0.05, 0.1) is 0 Å². The minimum absolute atomic E-state index is 0.344. The van der Waals surface area contributed by atoms with Gasteiger partial charge in [0.15, 0.2) is 0 Å². The van der Waals surface area contributed by atoms with Crippen molar-refractivity contribution >= 4 is 24.1 Å². The van der Waals surface area contributed by atoms with Gasteiger partial charge in [-0.1, -0.05) is 48.5 Å². The molecular formula is C19H15FNOP. The Balaban J connectivity index is 2.08. The molecule has 0 atom stereocenters. The molecule has 2 nitrogen and oxygen atoms in total. The van der Waals surface area contributed by atoms with E-state index in [0.29, 0.717) is 16.2 Å². The highest BCUT2D eigenvalue weighted by molar-refractivity contribution is 7.77. The van der Waals surface area contributed by atoms with Crippen molar-refractivity contribution in [3.05, 3.63) is 96.3 Å². The average molecular weight is 323 g/mol. The molecular weight excluding hydrogens is 308 g/mol. The van der Waals surface area contributed by atoms with Crippen LogP contribution in [-0.2, 0) is 4.57 Å². The summed E-state index contributed by atoms with van der Waals surface area (Å²) in [6, 6.07) is 24.4. The summed E-state index contributed by atoms with van der Waals surface area (Å²) in [7, 11) is -3.16. The van der Waals surface area contributed by atoms with Gasteiger partial charge in [0, 0.05) is 16.8 Å². The van der Waals surface area contributed by atoms with Crippen molar-refractivity contribution in [2.45, 2.75) is 0 Å². The molecule has 0 aliphatic carbocycles. The SMILES string of the molecule is O=P(/N=C/c1cccc(F)c1)(c1ccccc1)c1ccccc1. The van der Waals surface area contributed by atoms with Crippen LogP contribution in [0.5, 0.6) is 0 Å². The lowest BCUT2D eigenvalue weighted by Crippen LogP contribution is -2.14. The van der Waals surface area contributed by atoms with Crippen molar-refractivity contribution in [3.8, 4) is 0 Å². The predicted octanol–water partition coefficient (Wildman–Crippen LogP) is 4.17. The van der Waals surface area contributed by atoms with Gasteiger partial charge in [0.2, 0.25) is 7.29 Å². The van der Waals surface area contributed by atoms with Gasteiger partial charge in [-0.05, 0) is 42.0 Å². The second-order valence-corrected chi connectivity index (χ2v) is 7.46. The van der Waals surface area contributed by atoms with E-state index in [-0.39, 0.29) is 5.82 Å². The molecule has 3 aromatic rings. The number of hydrogen-bond donors (Lipinski definition) is 0. The number of rotatable bonds is 4. The lowest BCUT2D eigenvalue weighted by atomic mass is 10.2. The molecule has 3 aromatic carbocycles. The fourth-order valence-electron chi connectivity index (χ4n) is 2.28. The van der Waals surface area contributed by atoms with Crippen molar-refractivity contribution in [3.63, 3.8) is 0 Å². The first-order valence-electron chi connectivity index (χ1n) is 7.21. The van der Waals surface area contributed by atoms with Gasteiger partial charge >= 0.3 is 0 Å². The van der Waals surface area contributed by atoms with Gasteiger partial charge in [0.1, 0.15) is 5.82 Å². The van der Waals surface area contributed by atoms with Crippen molar-refractivity contribution in [1.82, 2.24) is 0 Å². The highest BCUT2D eigenvalue weighted by Gasteiger charge is 2.25. The highest BCUT2D eigenvalue weighted by atomic mass is 31.2. The summed E-state index contributed by atoms with van der Waals surface area (Å²) in [5.41, 5.74) is 0.581. The molecule has 0 saturated heterocycles. The Morgan fingerprint density at radius 2 is 1.35 bits per heavy atom. The van der Waals surface area contributed by atoms with Crippen LogP contribution in [-0.4, -0.2) is 6.21 Å². The molecule has 114 valence electrons. The summed E-state index contributed by atoms with van der Waals surface area (Å²) >= 11 is 0. The molecule has 0 fully saturated rings. The standard InChI is InChI=1S/C19H15FNOP/c20-17-9-7-8-16(14-17)15-21-23(22,18-10-3-1-4-11-18)19-12-5-2-6-13-19/h1-15H/b21-15+. The molecule has 0 radical (unpaired) electrons. The second-order valence-electron chi connectivity index (χ2n) is 5.05. The number of nitrogens with zero attached hydrogens (tertiary/aromatic N) is 1. The van der Waals surface area contributed by atoms with Crippen LogP contribution in [0.2, 0.25) is 0 Å². The van der Waals surface area contributed by atoms with Gasteiger partial charge in [0.25, 0.3) is 0 Å². The highest BCUT2D eigenvalue weighted by Crippen LogP contribution is 2.44. The zero-order chi connectivity index (χ0) is 16.1. The van der Waals surface area contributed by atoms with Crippen molar-refractivity contribution < 1.29 is 8.96 Å². The lowest BCUT2D eigenvalue weighted by molar-refractivity contribution is 0.588. The molecule has 0 unspecified atom stereocenters. The maximum absolute atomic E-state index is 13.6. The maximum Gasteiger partial charge on any atom is 0.247 e. The summed E-state index contributed by atoms with van der Waals surface area (Å²) < 4.78 is 31.3. The minimum atomic E-state index is -3.16. The largest absolute Gasteiger partial charge is 0.288 e. The van der Waals surface area contributed by atoms with E-state index in [0.717, 1.165) is 0 Å². The number of hydrogen-bond acceptors (Lipinski definition) is 1. The Morgan fingerprint density at radius 3 is 1.87 bits per heavy atom. The van der Waals surface area contributed by atoms with Gasteiger partial charge in [-0.2, -0.15) is 0 Å². The van der Waals surface area contributed by atoms with Crippen LogP contribution in [0.15, 0.2) is 89.7 Å². The van der Waals surface area contributed by atoms with E-state index in [4.69, 9.17) is 0 Å². The second kappa shape index (κ2) is 6.72. The molecule has 23 heavy (non-hydrogen) atoms. The van der Waals surface area contributed by atoms with Crippen molar-refractivity contribution in [2.75, 3.05) is 0 Å². The molecule has 0 bridgehead atoms. The number of halogens is 1. The zero-order valence-electron chi connectivity index (χ0n) is 12.3. The average Bonchev–Trinajstić information content (AvgIpc) is 2.61. The smallest absolute Gasteiger partial charge is 0.247 e. The first kappa shape index (κ1) is 15.4. The van der Waals surface area contributed by atoms with Crippen molar-refractivity contribution in [2.24, 2.45) is 4.76 Å². The molecule has 0 heterocycles. The lowest BCUT2D eigenvalue weighted by Gasteiger charge is -2.14. The van der Waals surface area contributed by atoms with Crippen LogP contribution in [0.4, 0.5) is 4.39 Å². The van der Waals surface area contributed by atoms with E-state index in [2.05, 4.69) is 4.76 Å². The molecule has 0 saturated carbocycles. The van der Waals surface area contributed by atoms with E-state index in [1.165, 1.54) is 18.3 Å².